The maximum atomic E-state index is 11.0. The maximum absolute atomic E-state index is 11.0. The summed E-state index contributed by atoms with van der Waals surface area (Å²) in [7, 11) is 3.36. The Morgan fingerprint density at radius 3 is 1.82 bits per heavy atom. The second-order valence-corrected chi connectivity index (χ2v) is 6.11. The summed E-state index contributed by atoms with van der Waals surface area (Å²) in [5, 5.41) is 0. The lowest BCUT2D eigenvalue weighted by Crippen LogP contribution is -2.36. The van der Waals surface area contributed by atoms with E-state index in [-0.39, 0.29) is 18.6 Å². The van der Waals surface area contributed by atoms with E-state index in [1.54, 1.807) is 21.6 Å². The zero-order chi connectivity index (χ0) is 12.7. The van der Waals surface area contributed by atoms with Crippen LogP contribution in [0.25, 0.3) is 0 Å². The molecule has 0 spiro atoms. The number of ether oxygens (including phenoxy) is 2. The van der Waals surface area contributed by atoms with Gasteiger partial charge in [-0.05, 0) is 0 Å². The number of rotatable bonds is 6. The van der Waals surface area contributed by atoms with E-state index in [2.05, 4.69) is 13.2 Å². The summed E-state index contributed by atoms with van der Waals surface area (Å²) < 4.78 is 10.1. The summed E-state index contributed by atoms with van der Waals surface area (Å²) in [6.45, 7) is 7.14. The fraction of sp³-hybridized carbons (Fsp3) is 0.455. The van der Waals surface area contributed by atoms with Crippen molar-refractivity contribution < 1.29 is 19.1 Å². The molecule has 0 atom stereocenters. The molecule has 1 aliphatic heterocycles. The van der Waals surface area contributed by atoms with Crippen LogP contribution in [0.4, 0.5) is 0 Å². The van der Waals surface area contributed by atoms with E-state index in [0.29, 0.717) is 0 Å². The molecule has 0 unspecified atom stereocenters. The van der Waals surface area contributed by atoms with Gasteiger partial charge in [0.15, 0.2) is 0 Å². The van der Waals surface area contributed by atoms with Crippen molar-refractivity contribution in [2.24, 2.45) is 5.41 Å². The molecule has 94 valence electrons. The molecule has 4 nitrogen and oxygen atoms in total. The summed E-state index contributed by atoms with van der Waals surface area (Å²) in [5.41, 5.74) is -0.299. The third-order valence-electron chi connectivity index (χ3n) is 2.19. The van der Waals surface area contributed by atoms with Crippen LogP contribution in [0.5, 0.6) is 0 Å². The number of carbonyl (C=O) groups excluding carboxylic acids is 2. The molecule has 0 N–H and O–H groups in total. The number of hydrogen-bond donors (Lipinski definition) is 0. The summed E-state index contributed by atoms with van der Waals surface area (Å²) in [6, 6.07) is 0. The average molecular weight is 274 g/mol. The molecule has 0 bridgehead atoms. The molecule has 0 aromatic rings. The molecule has 1 heterocycles. The van der Waals surface area contributed by atoms with Crippen molar-refractivity contribution in [3.05, 3.63) is 25.3 Å². The molecule has 1 aliphatic rings. The molecule has 0 saturated carbocycles. The molecule has 17 heavy (non-hydrogen) atoms. The molecular weight excluding hydrogens is 260 g/mol. The quantitative estimate of drug-likeness (QED) is 0.418. The van der Waals surface area contributed by atoms with Gasteiger partial charge in [-0.3, -0.25) is 0 Å². The largest absolute Gasteiger partial charge is 0.462 e. The van der Waals surface area contributed by atoms with E-state index in [0.717, 1.165) is 23.7 Å². The van der Waals surface area contributed by atoms with Crippen molar-refractivity contribution in [1.29, 1.82) is 0 Å². The molecule has 0 aromatic carbocycles. The lowest BCUT2D eigenvalue weighted by molar-refractivity contribution is -0.145. The predicted molar refractivity (Wildman–Crippen MR) is 69.7 cm³/mol. The van der Waals surface area contributed by atoms with Crippen LogP contribution in [0.1, 0.15) is 0 Å². The first kappa shape index (κ1) is 14.2. The highest BCUT2D eigenvalue weighted by Crippen LogP contribution is 2.43. The smallest absolute Gasteiger partial charge is 0.330 e. The van der Waals surface area contributed by atoms with Crippen LogP contribution in [-0.4, -0.2) is 36.7 Å². The van der Waals surface area contributed by atoms with E-state index in [1.165, 1.54) is 0 Å². The van der Waals surface area contributed by atoms with Crippen LogP contribution in [0, 0.1) is 5.41 Å². The Bertz CT molecular complexity index is 295. The molecular formula is C11H14O4S2. The summed E-state index contributed by atoms with van der Waals surface area (Å²) in [5.74, 6) is 0.654. The average Bonchev–Trinajstić information content (AvgIpc) is 2.82. The summed E-state index contributed by atoms with van der Waals surface area (Å²) >= 11 is 0. The molecule has 0 aromatic heterocycles. The number of esters is 2. The fourth-order valence-electron chi connectivity index (χ4n) is 1.15. The van der Waals surface area contributed by atoms with Gasteiger partial charge in [0, 0.05) is 23.7 Å². The second-order valence-electron chi connectivity index (χ2n) is 3.65. The first-order chi connectivity index (χ1) is 8.12. The Morgan fingerprint density at radius 2 is 1.47 bits per heavy atom. The van der Waals surface area contributed by atoms with E-state index in [9.17, 15) is 9.59 Å². The molecule has 6 heteroatoms. The van der Waals surface area contributed by atoms with Crippen LogP contribution in [0.15, 0.2) is 25.3 Å². The summed E-state index contributed by atoms with van der Waals surface area (Å²) in [4.78, 5) is 22.1. The molecule has 1 fully saturated rings. The number of carbonyl (C=O) groups is 2. The van der Waals surface area contributed by atoms with Gasteiger partial charge in [-0.25, -0.2) is 9.59 Å². The van der Waals surface area contributed by atoms with Crippen LogP contribution in [0.3, 0.4) is 0 Å². The van der Waals surface area contributed by atoms with Crippen molar-refractivity contribution >= 4 is 33.5 Å². The predicted octanol–water partition coefficient (Wildman–Crippen LogP) is 1.83. The number of hydrogen-bond acceptors (Lipinski definition) is 6. The molecule has 0 aliphatic carbocycles. The minimum Gasteiger partial charge on any atom is -0.462 e. The minimum atomic E-state index is -0.457. The molecule has 1 saturated heterocycles. The first-order valence-electron chi connectivity index (χ1n) is 4.95. The Labute approximate surface area is 108 Å². The van der Waals surface area contributed by atoms with E-state index >= 15 is 0 Å². The Kier molecular flexibility index (Phi) is 5.64. The Balaban J connectivity index is 2.50. The third kappa shape index (κ3) is 4.47. The van der Waals surface area contributed by atoms with Crippen molar-refractivity contribution in [2.45, 2.75) is 0 Å². The van der Waals surface area contributed by atoms with Gasteiger partial charge in [0.05, 0.1) is 5.41 Å². The molecule has 0 amide bonds. The topological polar surface area (TPSA) is 52.6 Å². The lowest BCUT2D eigenvalue weighted by atomic mass is 9.95. The van der Waals surface area contributed by atoms with E-state index in [1.807, 2.05) is 0 Å². The van der Waals surface area contributed by atoms with Gasteiger partial charge in [-0.1, -0.05) is 34.7 Å². The van der Waals surface area contributed by atoms with Crippen LogP contribution in [-0.2, 0) is 19.1 Å². The molecule has 1 rings (SSSR count). The van der Waals surface area contributed by atoms with Crippen molar-refractivity contribution in [1.82, 2.24) is 0 Å². The Morgan fingerprint density at radius 1 is 1.06 bits per heavy atom. The van der Waals surface area contributed by atoms with Gasteiger partial charge < -0.3 is 9.47 Å². The zero-order valence-electron chi connectivity index (χ0n) is 9.35. The monoisotopic (exact) mass is 274 g/mol. The Hall–Kier alpha value is -0.880. The lowest BCUT2D eigenvalue weighted by Gasteiger charge is -2.25. The highest BCUT2D eigenvalue weighted by Gasteiger charge is 2.38. The van der Waals surface area contributed by atoms with Gasteiger partial charge in [0.25, 0.3) is 0 Å². The van der Waals surface area contributed by atoms with Gasteiger partial charge in [-0.15, -0.1) is 0 Å². The zero-order valence-corrected chi connectivity index (χ0v) is 11.0. The van der Waals surface area contributed by atoms with Crippen molar-refractivity contribution in [3.63, 3.8) is 0 Å². The molecule has 0 radical (unpaired) electrons. The highest BCUT2D eigenvalue weighted by molar-refractivity contribution is 8.77. The summed E-state index contributed by atoms with van der Waals surface area (Å²) in [6.07, 6.45) is 2.25. The maximum Gasteiger partial charge on any atom is 0.330 e. The van der Waals surface area contributed by atoms with E-state index < -0.39 is 11.9 Å². The third-order valence-corrected chi connectivity index (χ3v) is 5.02. The SMILES string of the molecule is C=CC(=O)OCC1(COC(=O)C=C)CSSC1. The highest BCUT2D eigenvalue weighted by atomic mass is 33.1. The van der Waals surface area contributed by atoms with E-state index in [4.69, 9.17) is 9.47 Å². The van der Waals surface area contributed by atoms with Crippen LogP contribution in [0.2, 0.25) is 0 Å². The first-order valence-corrected chi connectivity index (χ1v) is 7.43. The van der Waals surface area contributed by atoms with Gasteiger partial charge >= 0.3 is 11.9 Å². The van der Waals surface area contributed by atoms with Crippen molar-refractivity contribution in [3.8, 4) is 0 Å². The van der Waals surface area contributed by atoms with Gasteiger partial charge in [-0.2, -0.15) is 0 Å². The van der Waals surface area contributed by atoms with Crippen LogP contribution < -0.4 is 0 Å². The van der Waals surface area contributed by atoms with Crippen LogP contribution >= 0.6 is 21.6 Å². The van der Waals surface area contributed by atoms with Crippen molar-refractivity contribution in [2.75, 3.05) is 24.7 Å². The fourth-order valence-corrected chi connectivity index (χ4v) is 4.48. The van der Waals surface area contributed by atoms with Gasteiger partial charge in [0.2, 0.25) is 0 Å². The van der Waals surface area contributed by atoms with Gasteiger partial charge in [0.1, 0.15) is 13.2 Å². The standard InChI is InChI=1S/C11H14O4S2/c1-3-9(12)14-5-11(7-16-17-8-11)6-15-10(13)4-2/h3-4H,1-2,5-8H2. The second kappa shape index (κ2) is 6.76. The minimum absolute atomic E-state index is 0.238. The normalized spacial score (nSPS) is 17.2.